The molecule has 0 N–H and O–H groups in total. The molecule has 1 unspecified atom stereocenters. The number of para-hydroxylation sites is 1. The fourth-order valence-electron chi connectivity index (χ4n) is 6.96. The lowest BCUT2D eigenvalue weighted by Gasteiger charge is -2.34. The van der Waals surface area contributed by atoms with Gasteiger partial charge in [-0.3, -0.25) is 0 Å². The van der Waals surface area contributed by atoms with E-state index in [9.17, 15) is 0 Å². The van der Waals surface area contributed by atoms with Gasteiger partial charge in [0, 0.05) is 20.8 Å². The third-order valence-electron chi connectivity index (χ3n) is 8.08. The zero-order chi connectivity index (χ0) is 21.7. The average molecular weight is 489 g/mol. The van der Waals surface area contributed by atoms with E-state index in [0.717, 1.165) is 41.3 Å². The van der Waals surface area contributed by atoms with Gasteiger partial charge in [0.05, 0.1) is 5.41 Å². The molecule has 33 heavy (non-hydrogen) atoms. The molecule has 0 saturated carbocycles. The first-order valence-corrected chi connectivity index (χ1v) is 12.6. The highest BCUT2D eigenvalue weighted by Gasteiger charge is 2.55. The van der Waals surface area contributed by atoms with E-state index in [1.807, 2.05) is 0 Å². The minimum absolute atomic E-state index is 0.214. The first kappa shape index (κ1) is 18.3. The number of rotatable bonds is 0. The SMILES string of the molecule is Brc1cc2c(c3oc4ccccc4c13)C1=CCCC=C1C21C2=C(C=CCC2)c2ccccc21. The predicted octanol–water partition coefficient (Wildman–Crippen LogP) is 8.87. The van der Waals surface area contributed by atoms with E-state index in [4.69, 9.17) is 4.42 Å². The van der Waals surface area contributed by atoms with Gasteiger partial charge in [-0.1, -0.05) is 82.7 Å². The van der Waals surface area contributed by atoms with Gasteiger partial charge in [0.25, 0.3) is 0 Å². The van der Waals surface area contributed by atoms with Gasteiger partial charge in [0.1, 0.15) is 11.2 Å². The van der Waals surface area contributed by atoms with Crippen molar-refractivity contribution in [2.24, 2.45) is 0 Å². The van der Waals surface area contributed by atoms with Crippen molar-refractivity contribution >= 4 is 49.0 Å². The van der Waals surface area contributed by atoms with Gasteiger partial charge in [0.2, 0.25) is 0 Å². The van der Waals surface area contributed by atoms with E-state index in [0.29, 0.717) is 0 Å². The minimum atomic E-state index is -0.214. The van der Waals surface area contributed by atoms with Crippen LogP contribution in [0.2, 0.25) is 0 Å². The zero-order valence-electron chi connectivity index (χ0n) is 18.1. The third-order valence-corrected chi connectivity index (χ3v) is 8.70. The van der Waals surface area contributed by atoms with Crippen LogP contribution in [0, 0.1) is 0 Å². The third kappa shape index (κ3) is 2.05. The quantitative estimate of drug-likeness (QED) is 0.240. The number of hydrogen-bond donors (Lipinski definition) is 0. The van der Waals surface area contributed by atoms with Gasteiger partial charge in [-0.2, -0.15) is 0 Å². The largest absolute Gasteiger partial charge is 0.455 e. The second-order valence-corrected chi connectivity index (χ2v) is 10.4. The van der Waals surface area contributed by atoms with Crippen molar-refractivity contribution in [1.82, 2.24) is 0 Å². The molecule has 4 aliphatic carbocycles. The topological polar surface area (TPSA) is 13.1 Å². The summed E-state index contributed by atoms with van der Waals surface area (Å²) in [5.74, 6) is 0. The van der Waals surface area contributed by atoms with Crippen molar-refractivity contribution in [1.29, 1.82) is 0 Å². The summed E-state index contributed by atoms with van der Waals surface area (Å²) >= 11 is 3.98. The highest BCUT2D eigenvalue weighted by molar-refractivity contribution is 9.10. The molecule has 1 heterocycles. The Balaban J connectivity index is 1.60. The van der Waals surface area contributed by atoms with Gasteiger partial charge in [-0.25, -0.2) is 0 Å². The number of halogens is 1. The lowest BCUT2D eigenvalue weighted by atomic mass is 9.67. The molecule has 3 aromatic carbocycles. The first-order valence-electron chi connectivity index (χ1n) is 11.9. The molecule has 2 heteroatoms. The summed E-state index contributed by atoms with van der Waals surface area (Å²) in [6.07, 6.45) is 14.1. The Morgan fingerprint density at radius 1 is 0.879 bits per heavy atom. The van der Waals surface area contributed by atoms with E-state index in [1.54, 1.807) is 5.57 Å². The second kappa shape index (κ2) is 6.27. The second-order valence-electron chi connectivity index (χ2n) is 9.53. The molecule has 158 valence electrons. The highest BCUT2D eigenvalue weighted by Crippen LogP contribution is 2.66. The van der Waals surface area contributed by atoms with Crippen molar-refractivity contribution in [3.05, 3.63) is 117 Å². The molecule has 0 radical (unpaired) electrons. The molecular formula is C31H21BrO. The smallest absolute Gasteiger partial charge is 0.144 e. The lowest BCUT2D eigenvalue weighted by Crippen LogP contribution is -2.28. The van der Waals surface area contributed by atoms with Crippen LogP contribution in [0.25, 0.3) is 33.1 Å². The summed E-state index contributed by atoms with van der Waals surface area (Å²) in [4.78, 5) is 0. The number of benzene rings is 3. The molecule has 0 amide bonds. The standard InChI is InChI=1S/C31H21BrO/c32-26-17-25-28(30-29(26)21-12-4-8-16-27(21)33-30)20-11-3-7-15-24(20)31(25)22-13-5-1-9-18(22)19-10-2-6-14-23(19)31/h1-2,4-5,8-13,15-17H,3,6-7,14H2. The predicted molar refractivity (Wildman–Crippen MR) is 139 cm³/mol. The van der Waals surface area contributed by atoms with Gasteiger partial charge in [-0.05, 0) is 76.8 Å². The van der Waals surface area contributed by atoms with Crippen molar-refractivity contribution in [2.75, 3.05) is 0 Å². The van der Waals surface area contributed by atoms with E-state index in [1.165, 1.54) is 49.7 Å². The summed E-state index contributed by atoms with van der Waals surface area (Å²) in [6.45, 7) is 0. The van der Waals surface area contributed by atoms with Crippen molar-refractivity contribution in [2.45, 2.75) is 31.1 Å². The lowest BCUT2D eigenvalue weighted by molar-refractivity contribution is 0.665. The monoisotopic (exact) mass is 488 g/mol. The molecule has 0 fully saturated rings. The van der Waals surface area contributed by atoms with Crippen LogP contribution in [-0.2, 0) is 5.41 Å². The Hall–Kier alpha value is -3.10. The Morgan fingerprint density at radius 3 is 2.70 bits per heavy atom. The highest BCUT2D eigenvalue weighted by atomic mass is 79.9. The molecule has 1 atom stereocenters. The van der Waals surface area contributed by atoms with Gasteiger partial charge in [-0.15, -0.1) is 0 Å². The molecule has 1 aromatic heterocycles. The fraction of sp³-hybridized carbons (Fsp3) is 0.161. The Bertz CT molecular complexity index is 1670. The van der Waals surface area contributed by atoms with Crippen LogP contribution in [0.15, 0.2) is 98.9 Å². The Kier molecular flexibility index (Phi) is 3.48. The Labute approximate surface area is 200 Å². The van der Waals surface area contributed by atoms with Crippen LogP contribution in [0.3, 0.4) is 0 Å². The number of fused-ring (bicyclic) bond motifs is 13. The molecule has 1 spiro atoms. The maximum Gasteiger partial charge on any atom is 0.144 e. The number of allylic oxidation sites excluding steroid dienone is 8. The minimum Gasteiger partial charge on any atom is -0.455 e. The van der Waals surface area contributed by atoms with Crippen LogP contribution < -0.4 is 0 Å². The van der Waals surface area contributed by atoms with Crippen molar-refractivity contribution < 1.29 is 4.42 Å². The molecular weight excluding hydrogens is 468 g/mol. The summed E-state index contributed by atoms with van der Waals surface area (Å²) < 4.78 is 7.75. The van der Waals surface area contributed by atoms with Gasteiger partial charge in [0.15, 0.2) is 0 Å². The first-order chi connectivity index (χ1) is 16.3. The van der Waals surface area contributed by atoms with Crippen LogP contribution in [0.5, 0.6) is 0 Å². The molecule has 0 saturated heterocycles. The zero-order valence-corrected chi connectivity index (χ0v) is 19.7. The molecule has 0 bridgehead atoms. The van der Waals surface area contributed by atoms with Gasteiger partial charge >= 0.3 is 0 Å². The fourth-order valence-corrected chi connectivity index (χ4v) is 7.58. The van der Waals surface area contributed by atoms with E-state index in [2.05, 4.69) is 94.8 Å². The summed E-state index contributed by atoms with van der Waals surface area (Å²) in [7, 11) is 0. The molecule has 8 rings (SSSR count). The molecule has 4 aliphatic rings. The van der Waals surface area contributed by atoms with E-state index < -0.39 is 0 Å². The maximum absolute atomic E-state index is 6.62. The van der Waals surface area contributed by atoms with Gasteiger partial charge < -0.3 is 4.42 Å². The number of furan rings is 1. The van der Waals surface area contributed by atoms with Crippen LogP contribution >= 0.6 is 15.9 Å². The summed E-state index contributed by atoms with van der Waals surface area (Å²) in [5.41, 5.74) is 13.1. The van der Waals surface area contributed by atoms with Crippen LogP contribution in [-0.4, -0.2) is 0 Å². The van der Waals surface area contributed by atoms with Crippen LogP contribution in [0.4, 0.5) is 0 Å². The maximum atomic E-state index is 6.62. The van der Waals surface area contributed by atoms with Crippen LogP contribution in [0.1, 0.15) is 47.9 Å². The Morgan fingerprint density at radius 2 is 1.73 bits per heavy atom. The molecule has 1 nitrogen and oxygen atoms in total. The van der Waals surface area contributed by atoms with Crippen molar-refractivity contribution in [3.8, 4) is 0 Å². The summed E-state index contributed by atoms with van der Waals surface area (Å²) in [6, 6.07) is 19.9. The molecule has 0 aliphatic heterocycles. The number of hydrogen-bond acceptors (Lipinski definition) is 1. The van der Waals surface area contributed by atoms with E-state index in [-0.39, 0.29) is 5.41 Å². The summed E-state index contributed by atoms with van der Waals surface area (Å²) in [5, 5.41) is 2.37. The molecule has 4 aromatic rings. The van der Waals surface area contributed by atoms with Crippen molar-refractivity contribution in [3.63, 3.8) is 0 Å². The van der Waals surface area contributed by atoms with E-state index >= 15 is 0 Å². The normalized spacial score (nSPS) is 22.5. The average Bonchev–Trinajstić information content (AvgIpc) is 3.48.